The predicted octanol–water partition coefficient (Wildman–Crippen LogP) is 3.24. The molecule has 2 rings (SSSR count). The lowest BCUT2D eigenvalue weighted by atomic mass is 9.95. The molecule has 1 aromatic carbocycles. The summed E-state index contributed by atoms with van der Waals surface area (Å²) in [4.78, 5) is 26.3. The van der Waals surface area contributed by atoms with Crippen molar-refractivity contribution in [3.05, 3.63) is 29.8 Å². The standard InChI is InChI=1S/C19H27N3O2S/c1-13(2)17(23)21-19(25)22(3)16-12-8-7-11-15(16)18(24)20-14-9-5-4-6-10-14/h7-8,11-14H,4-6,9-10H2,1-3H3,(H,20,24)(H,21,23,25). The maximum atomic E-state index is 12.7. The normalized spacial score (nSPS) is 14.9. The molecule has 2 N–H and O–H groups in total. The first-order chi connectivity index (χ1) is 11.9. The Balaban J connectivity index is 2.11. The molecule has 1 aliphatic carbocycles. The number of hydrogen-bond donors (Lipinski definition) is 2. The van der Waals surface area contributed by atoms with Crippen LogP contribution in [0, 0.1) is 5.92 Å². The topological polar surface area (TPSA) is 61.4 Å². The Morgan fingerprint density at radius 1 is 1.16 bits per heavy atom. The molecule has 1 saturated carbocycles. The summed E-state index contributed by atoms with van der Waals surface area (Å²) in [7, 11) is 1.76. The van der Waals surface area contributed by atoms with E-state index in [1.54, 1.807) is 18.0 Å². The number of nitrogens with zero attached hydrogens (tertiary/aromatic N) is 1. The Bertz CT molecular complexity index is 639. The lowest BCUT2D eigenvalue weighted by Crippen LogP contribution is -2.43. The number of hydrogen-bond acceptors (Lipinski definition) is 3. The van der Waals surface area contributed by atoms with Crippen LogP contribution in [0.1, 0.15) is 56.3 Å². The second-order valence-corrected chi connectivity index (χ2v) is 7.22. The molecule has 0 bridgehead atoms. The second-order valence-electron chi connectivity index (χ2n) is 6.83. The predicted molar refractivity (Wildman–Crippen MR) is 105 cm³/mol. The highest BCUT2D eigenvalue weighted by atomic mass is 32.1. The summed E-state index contributed by atoms with van der Waals surface area (Å²) in [5, 5.41) is 6.13. The summed E-state index contributed by atoms with van der Waals surface area (Å²) in [5.74, 6) is -0.385. The van der Waals surface area contributed by atoms with E-state index in [-0.39, 0.29) is 28.9 Å². The molecule has 1 aliphatic rings. The number of nitrogens with one attached hydrogen (secondary N) is 2. The summed E-state index contributed by atoms with van der Waals surface area (Å²) in [6.07, 6.45) is 5.64. The van der Waals surface area contributed by atoms with Crippen molar-refractivity contribution in [3.8, 4) is 0 Å². The molecule has 0 atom stereocenters. The van der Waals surface area contributed by atoms with Crippen LogP contribution in [0.3, 0.4) is 0 Å². The Labute approximate surface area is 155 Å². The van der Waals surface area contributed by atoms with Gasteiger partial charge in [0.1, 0.15) is 0 Å². The smallest absolute Gasteiger partial charge is 0.253 e. The van der Waals surface area contributed by atoms with Gasteiger partial charge in [-0.2, -0.15) is 0 Å². The lowest BCUT2D eigenvalue weighted by molar-refractivity contribution is -0.122. The van der Waals surface area contributed by atoms with Gasteiger partial charge in [-0.15, -0.1) is 0 Å². The van der Waals surface area contributed by atoms with Gasteiger partial charge in [0, 0.05) is 19.0 Å². The average molecular weight is 362 g/mol. The fourth-order valence-corrected chi connectivity index (χ4v) is 3.11. The molecule has 2 amide bonds. The fraction of sp³-hybridized carbons (Fsp3) is 0.526. The molecule has 0 aromatic heterocycles. The van der Waals surface area contributed by atoms with Crippen LogP contribution < -0.4 is 15.5 Å². The van der Waals surface area contributed by atoms with E-state index < -0.39 is 0 Å². The minimum atomic E-state index is -0.156. The van der Waals surface area contributed by atoms with Crippen LogP contribution in [0.15, 0.2) is 24.3 Å². The van der Waals surface area contributed by atoms with Gasteiger partial charge in [-0.05, 0) is 37.2 Å². The first-order valence-corrected chi connectivity index (χ1v) is 9.29. The number of rotatable bonds is 4. The molecule has 1 fully saturated rings. The quantitative estimate of drug-likeness (QED) is 0.808. The monoisotopic (exact) mass is 361 g/mol. The van der Waals surface area contributed by atoms with Gasteiger partial charge >= 0.3 is 0 Å². The summed E-state index contributed by atoms with van der Waals surface area (Å²) in [6, 6.07) is 7.56. The molecule has 136 valence electrons. The molecule has 0 aliphatic heterocycles. The molecule has 0 radical (unpaired) electrons. The highest BCUT2D eigenvalue weighted by Crippen LogP contribution is 2.22. The van der Waals surface area contributed by atoms with Crippen molar-refractivity contribution < 1.29 is 9.59 Å². The third kappa shape index (κ3) is 5.26. The van der Waals surface area contributed by atoms with Crippen LogP contribution >= 0.6 is 12.2 Å². The van der Waals surface area contributed by atoms with Gasteiger partial charge < -0.3 is 15.5 Å². The summed E-state index contributed by atoms with van der Waals surface area (Å²) in [6.45, 7) is 3.62. The Kier molecular flexibility index (Phi) is 6.93. The van der Waals surface area contributed by atoms with Crippen LogP contribution in [0.2, 0.25) is 0 Å². The third-order valence-corrected chi connectivity index (χ3v) is 4.89. The highest BCUT2D eigenvalue weighted by Gasteiger charge is 2.21. The number of carbonyl (C=O) groups is 2. The van der Waals surface area contributed by atoms with Gasteiger partial charge in [0.2, 0.25) is 5.91 Å². The highest BCUT2D eigenvalue weighted by molar-refractivity contribution is 7.80. The largest absolute Gasteiger partial charge is 0.349 e. The molecule has 5 nitrogen and oxygen atoms in total. The van der Waals surface area contributed by atoms with Gasteiger partial charge in [0.25, 0.3) is 5.91 Å². The van der Waals surface area contributed by atoms with Crippen molar-refractivity contribution in [2.24, 2.45) is 5.92 Å². The van der Waals surface area contributed by atoms with Crippen molar-refractivity contribution in [1.29, 1.82) is 0 Å². The van der Waals surface area contributed by atoms with Crippen molar-refractivity contribution in [2.75, 3.05) is 11.9 Å². The van der Waals surface area contributed by atoms with Gasteiger partial charge in [0.15, 0.2) is 5.11 Å². The van der Waals surface area contributed by atoms with E-state index in [1.165, 1.54) is 6.42 Å². The maximum absolute atomic E-state index is 12.7. The van der Waals surface area contributed by atoms with Crippen molar-refractivity contribution >= 4 is 34.8 Å². The Morgan fingerprint density at radius 3 is 2.44 bits per heavy atom. The van der Waals surface area contributed by atoms with Crippen molar-refractivity contribution in [2.45, 2.75) is 52.0 Å². The van der Waals surface area contributed by atoms with Gasteiger partial charge in [-0.1, -0.05) is 45.2 Å². The maximum Gasteiger partial charge on any atom is 0.253 e. The first-order valence-electron chi connectivity index (χ1n) is 8.88. The fourth-order valence-electron chi connectivity index (χ4n) is 2.91. The van der Waals surface area contributed by atoms with E-state index in [0.717, 1.165) is 25.7 Å². The third-order valence-electron chi connectivity index (χ3n) is 4.51. The lowest BCUT2D eigenvalue weighted by Gasteiger charge is -2.26. The first kappa shape index (κ1) is 19.4. The number of amides is 2. The van der Waals surface area contributed by atoms with E-state index >= 15 is 0 Å². The molecular formula is C19H27N3O2S. The van der Waals surface area contributed by atoms with Crippen molar-refractivity contribution in [1.82, 2.24) is 10.6 Å². The van der Waals surface area contributed by atoms with Crippen LogP contribution in [0.25, 0.3) is 0 Å². The zero-order valence-corrected chi connectivity index (χ0v) is 16.0. The number of anilines is 1. The molecule has 6 heteroatoms. The minimum Gasteiger partial charge on any atom is -0.349 e. The Morgan fingerprint density at radius 2 is 1.80 bits per heavy atom. The molecule has 25 heavy (non-hydrogen) atoms. The summed E-state index contributed by atoms with van der Waals surface area (Å²) < 4.78 is 0. The summed E-state index contributed by atoms with van der Waals surface area (Å²) >= 11 is 5.32. The van der Waals surface area contributed by atoms with Crippen LogP contribution in [-0.2, 0) is 4.79 Å². The zero-order chi connectivity index (χ0) is 18.4. The number of thiocarbonyl (C=S) groups is 1. The zero-order valence-electron chi connectivity index (χ0n) is 15.2. The number of para-hydroxylation sites is 1. The molecule has 0 spiro atoms. The molecule has 0 unspecified atom stereocenters. The van der Waals surface area contributed by atoms with E-state index in [1.807, 2.05) is 32.0 Å². The summed E-state index contributed by atoms with van der Waals surface area (Å²) in [5.41, 5.74) is 1.25. The van der Waals surface area contributed by atoms with E-state index in [0.29, 0.717) is 11.3 Å². The van der Waals surface area contributed by atoms with E-state index in [2.05, 4.69) is 10.6 Å². The van der Waals surface area contributed by atoms with Crippen molar-refractivity contribution in [3.63, 3.8) is 0 Å². The van der Waals surface area contributed by atoms with Gasteiger partial charge in [-0.25, -0.2) is 0 Å². The van der Waals surface area contributed by atoms with E-state index in [4.69, 9.17) is 12.2 Å². The molecule has 0 saturated heterocycles. The number of benzene rings is 1. The molecular weight excluding hydrogens is 334 g/mol. The SMILES string of the molecule is CC(C)C(=O)NC(=S)N(C)c1ccccc1C(=O)NC1CCCCC1. The van der Waals surface area contributed by atoms with Gasteiger partial charge in [-0.3, -0.25) is 9.59 Å². The minimum absolute atomic E-state index is 0.0904. The van der Waals surface area contributed by atoms with E-state index in [9.17, 15) is 9.59 Å². The van der Waals surface area contributed by atoms with Gasteiger partial charge in [0.05, 0.1) is 11.3 Å². The van der Waals surface area contributed by atoms with Crippen LogP contribution in [0.5, 0.6) is 0 Å². The Hall–Kier alpha value is -1.95. The number of carbonyl (C=O) groups excluding carboxylic acids is 2. The molecule has 0 heterocycles. The average Bonchev–Trinajstić information content (AvgIpc) is 2.61. The second kappa shape index (κ2) is 8.94. The van der Waals surface area contributed by atoms with Crippen LogP contribution in [-0.4, -0.2) is 30.0 Å². The molecule has 1 aromatic rings. The van der Waals surface area contributed by atoms with Crippen LogP contribution in [0.4, 0.5) is 5.69 Å².